The number of benzene rings is 2. The van der Waals surface area contributed by atoms with E-state index in [2.05, 4.69) is 10.3 Å². The molecule has 0 saturated heterocycles. The van der Waals surface area contributed by atoms with Crippen LogP contribution in [0.3, 0.4) is 0 Å². The molecule has 0 spiro atoms. The predicted molar refractivity (Wildman–Crippen MR) is 86.2 cm³/mol. The average Bonchev–Trinajstić information content (AvgIpc) is 2.98. The van der Waals surface area contributed by atoms with Crippen LogP contribution in [0.25, 0.3) is 10.6 Å². The quantitative estimate of drug-likeness (QED) is 0.759. The lowest BCUT2D eigenvalue weighted by Gasteiger charge is -2.05. The Morgan fingerprint density at radius 2 is 1.88 bits per heavy atom. The normalized spacial score (nSPS) is 10.6. The lowest BCUT2D eigenvalue weighted by atomic mass is 10.2. The molecule has 3 rings (SSSR count). The maximum atomic E-state index is 13.5. The van der Waals surface area contributed by atoms with Gasteiger partial charge in [0.15, 0.2) is 0 Å². The van der Waals surface area contributed by atoms with Crippen LogP contribution < -0.4 is 5.32 Å². The first-order chi connectivity index (χ1) is 11.5. The lowest BCUT2D eigenvalue weighted by molar-refractivity contribution is -0.115. The molecule has 0 fully saturated rings. The molecule has 0 aliphatic rings. The van der Waals surface area contributed by atoms with Gasteiger partial charge in [-0.3, -0.25) is 4.79 Å². The third kappa shape index (κ3) is 3.80. The molecular formula is C17H11F3N2OS. The SMILES string of the molecule is O=C(Cc1csc(-c2cccc(F)c2)n1)Nc1ccc(F)cc1F. The van der Waals surface area contributed by atoms with Gasteiger partial charge in [0, 0.05) is 17.0 Å². The summed E-state index contributed by atoms with van der Waals surface area (Å²) < 4.78 is 39.6. The van der Waals surface area contributed by atoms with E-state index in [-0.39, 0.29) is 17.9 Å². The Labute approximate surface area is 139 Å². The summed E-state index contributed by atoms with van der Waals surface area (Å²) in [4.78, 5) is 16.2. The van der Waals surface area contributed by atoms with Gasteiger partial charge in [-0.1, -0.05) is 12.1 Å². The molecule has 3 nitrogen and oxygen atoms in total. The van der Waals surface area contributed by atoms with Crippen molar-refractivity contribution < 1.29 is 18.0 Å². The van der Waals surface area contributed by atoms with E-state index in [0.29, 0.717) is 22.3 Å². The first-order valence-electron chi connectivity index (χ1n) is 6.96. The molecular weight excluding hydrogens is 337 g/mol. The Morgan fingerprint density at radius 3 is 2.62 bits per heavy atom. The highest BCUT2D eigenvalue weighted by molar-refractivity contribution is 7.13. The van der Waals surface area contributed by atoms with E-state index in [4.69, 9.17) is 0 Å². The molecule has 1 amide bonds. The number of anilines is 1. The maximum absolute atomic E-state index is 13.5. The van der Waals surface area contributed by atoms with Gasteiger partial charge in [0.2, 0.25) is 5.91 Å². The van der Waals surface area contributed by atoms with Crippen molar-refractivity contribution in [3.8, 4) is 10.6 Å². The summed E-state index contributed by atoms with van der Waals surface area (Å²) in [7, 11) is 0. The van der Waals surface area contributed by atoms with Crippen LogP contribution in [0.15, 0.2) is 47.8 Å². The van der Waals surface area contributed by atoms with Crippen molar-refractivity contribution in [3.63, 3.8) is 0 Å². The number of nitrogens with one attached hydrogen (secondary N) is 1. The molecule has 122 valence electrons. The van der Waals surface area contributed by atoms with Crippen molar-refractivity contribution in [2.24, 2.45) is 0 Å². The molecule has 0 aliphatic carbocycles. The fourth-order valence-corrected chi connectivity index (χ4v) is 2.91. The van der Waals surface area contributed by atoms with Crippen molar-refractivity contribution in [3.05, 3.63) is 71.0 Å². The third-order valence-corrected chi connectivity index (χ3v) is 4.11. The Hall–Kier alpha value is -2.67. The van der Waals surface area contributed by atoms with Crippen molar-refractivity contribution in [2.45, 2.75) is 6.42 Å². The molecule has 24 heavy (non-hydrogen) atoms. The Bertz CT molecular complexity index is 895. The summed E-state index contributed by atoms with van der Waals surface area (Å²) in [6.45, 7) is 0. The molecule has 0 radical (unpaired) electrons. The zero-order valence-electron chi connectivity index (χ0n) is 12.2. The molecule has 3 aromatic rings. The van der Waals surface area contributed by atoms with Crippen molar-refractivity contribution >= 4 is 22.9 Å². The smallest absolute Gasteiger partial charge is 0.230 e. The fourth-order valence-electron chi connectivity index (χ4n) is 2.09. The van der Waals surface area contributed by atoms with Crippen molar-refractivity contribution in [1.82, 2.24) is 4.98 Å². The number of hydrogen-bond acceptors (Lipinski definition) is 3. The number of thiazole rings is 1. The van der Waals surface area contributed by atoms with E-state index in [1.807, 2.05) is 0 Å². The van der Waals surface area contributed by atoms with Crippen LogP contribution in [-0.2, 0) is 11.2 Å². The minimum atomic E-state index is -0.845. The van der Waals surface area contributed by atoms with Crippen LogP contribution in [-0.4, -0.2) is 10.9 Å². The monoisotopic (exact) mass is 348 g/mol. The second-order valence-electron chi connectivity index (χ2n) is 5.00. The summed E-state index contributed by atoms with van der Waals surface area (Å²) in [5.74, 6) is -2.41. The van der Waals surface area contributed by atoms with Crippen LogP contribution in [0.2, 0.25) is 0 Å². The number of carbonyl (C=O) groups is 1. The number of aromatic nitrogens is 1. The van der Waals surface area contributed by atoms with Crippen LogP contribution in [0, 0.1) is 17.5 Å². The van der Waals surface area contributed by atoms with Crippen LogP contribution in [0.1, 0.15) is 5.69 Å². The van der Waals surface area contributed by atoms with Gasteiger partial charge in [0.25, 0.3) is 0 Å². The number of hydrogen-bond donors (Lipinski definition) is 1. The summed E-state index contributed by atoms with van der Waals surface area (Å²) in [5.41, 5.74) is 1.01. The Morgan fingerprint density at radius 1 is 1.08 bits per heavy atom. The minimum Gasteiger partial charge on any atom is -0.323 e. The molecule has 1 N–H and O–H groups in total. The fraction of sp³-hybridized carbons (Fsp3) is 0.0588. The lowest BCUT2D eigenvalue weighted by Crippen LogP contribution is -2.15. The second kappa shape index (κ2) is 6.84. The molecule has 1 heterocycles. The predicted octanol–water partition coefficient (Wildman–Crippen LogP) is 4.41. The summed E-state index contributed by atoms with van der Waals surface area (Å²) in [5, 5.41) is 4.64. The molecule has 0 saturated carbocycles. The van der Waals surface area contributed by atoms with E-state index in [1.165, 1.54) is 23.5 Å². The molecule has 0 unspecified atom stereocenters. The van der Waals surface area contributed by atoms with E-state index < -0.39 is 17.5 Å². The molecule has 2 aromatic carbocycles. The molecule has 0 bridgehead atoms. The van der Waals surface area contributed by atoms with Crippen molar-refractivity contribution in [2.75, 3.05) is 5.32 Å². The highest BCUT2D eigenvalue weighted by Gasteiger charge is 2.12. The van der Waals surface area contributed by atoms with Gasteiger partial charge in [-0.15, -0.1) is 11.3 Å². The van der Waals surface area contributed by atoms with Gasteiger partial charge >= 0.3 is 0 Å². The van der Waals surface area contributed by atoms with Crippen molar-refractivity contribution in [1.29, 1.82) is 0 Å². The van der Waals surface area contributed by atoms with E-state index in [1.54, 1.807) is 17.5 Å². The Kier molecular flexibility index (Phi) is 4.61. The summed E-state index contributed by atoms with van der Waals surface area (Å²) in [6, 6.07) is 8.90. The largest absolute Gasteiger partial charge is 0.323 e. The van der Waals surface area contributed by atoms with Gasteiger partial charge in [-0.05, 0) is 24.3 Å². The molecule has 7 heteroatoms. The number of amides is 1. The number of nitrogens with zero attached hydrogens (tertiary/aromatic N) is 1. The van der Waals surface area contributed by atoms with Gasteiger partial charge < -0.3 is 5.32 Å². The van der Waals surface area contributed by atoms with Gasteiger partial charge in [-0.2, -0.15) is 0 Å². The highest BCUT2D eigenvalue weighted by Crippen LogP contribution is 2.24. The van der Waals surface area contributed by atoms with E-state index >= 15 is 0 Å². The maximum Gasteiger partial charge on any atom is 0.230 e. The van der Waals surface area contributed by atoms with Crippen LogP contribution in [0.5, 0.6) is 0 Å². The molecule has 1 aromatic heterocycles. The zero-order chi connectivity index (χ0) is 17.1. The van der Waals surface area contributed by atoms with Gasteiger partial charge in [0.05, 0.1) is 17.8 Å². The number of carbonyl (C=O) groups excluding carboxylic acids is 1. The second-order valence-corrected chi connectivity index (χ2v) is 5.86. The molecule has 0 aliphatic heterocycles. The molecule has 0 atom stereocenters. The first-order valence-corrected chi connectivity index (χ1v) is 7.84. The zero-order valence-corrected chi connectivity index (χ0v) is 13.0. The van der Waals surface area contributed by atoms with Crippen LogP contribution in [0.4, 0.5) is 18.9 Å². The summed E-state index contributed by atoms with van der Waals surface area (Å²) >= 11 is 1.28. The topological polar surface area (TPSA) is 42.0 Å². The first kappa shape index (κ1) is 16.2. The number of halogens is 3. The highest BCUT2D eigenvalue weighted by atomic mass is 32.1. The summed E-state index contributed by atoms with van der Waals surface area (Å²) in [6.07, 6.45) is -0.0668. The van der Waals surface area contributed by atoms with E-state index in [9.17, 15) is 18.0 Å². The van der Waals surface area contributed by atoms with E-state index in [0.717, 1.165) is 12.1 Å². The standard InChI is InChI=1S/C17H11F3N2OS/c18-11-3-1-2-10(6-11)17-21-13(9-24-17)8-16(23)22-15-5-4-12(19)7-14(15)20/h1-7,9H,8H2,(H,22,23). The van der Waals surface area contributed by atoms with Gasteiger partial charge in [0.1, 0.15) is 22.5 Å². The van der Waals surface area contributed by atoms with Crippen LogP contribution >= 0.6 is 11.3 Å². The Balaban J connectivity index is 1.69. The third-order valence-electron chi connectivity index (χ3n) is 3.17. The number of rotatable bonds is 4. The van der Waals surface area contributed by atoms with Gasteiger partial charge in [-0.25, -0.2) is 18.2 Å². The average molecular weight is 348 g/mol. The minimum absolute atomic E-state index is 0.0668.